The van der Waals surface area contributed by atoms with Crippen LogP contribution < -0.4 is 5.32 Å². The van der Waals surface area contributed by atoms with E-state index in [9.17, 15) is 0 Å². The number of aromatic amines is 1. The molecular formula is C13H17N5. The van der Waals surface area contributed by atoms with Gasteiger partial charge in [-0.15, -0.1) is 10.2 Å². The van der Waals surface area contributed by atoms with E-state index in [1.165, 1.54) is 19.3 Å². The molecule has 4 rings (SSSR count). The molecule has 1 fully saturated rings. The summed E-state index contributed by atoms with van der Waals surface area (Å²) >= 11 is 0. The van der Waals surface area contributed by atoms with E-state index in [0.717, 1.165) is 30.3 Å². The highest BCUT2D eigenvalue weighted by Gasteiger charge is 2.29. The van der Waals surface area contributed by atoms with Crippen molar-refractivity contribution in [1.82, 2.24) is 25.1 Å². The Kier molecular flexibility index (Phi) is 2.26. The molecule has 2 aliphatic rings. The number of nitrogens with one attached hydrogen (secondary N) is 2. The van der Waals surface area contributed by atoms with Gasteiger partial charge in [0.2, 0.25) is 0 Å². The van der Waals surface area contributed by atoms with E-state index in [-0.39, 0.29) is 0 Å². The van der Waals surface area contributed by atoms with E-state index in [1.54, 1.807) is 0 Å². The van der Waals surface area contributed by atoms with Crippen molar-refractivity contribution >= 4 is 0 Å². The summed E-state index contributed by atoms with van der Waals surface area (Å²) in [5.41, 5.74) is 1.06. The van der Waals surface area contributed by atoms with Gasteiger partial charge in [-0.25, -0.2) is 0 Å². The Morgan fingerprint density at radius 3 is 3.06 bits per heavy atom. The van der Waals surface area contributed by atoms with Gasteiger partial charge in [0.25, 0.3) is 0 Å². The minimum atomic E-state index is 0.578. The first-order valence-corrected chi connectivity index (χ1v) is 6.72. The summed E-state index contributed by atoms with van der Waals surface area (Å²) in [6, 6.07) is 5.23. The molecule has 2 unspecified atom stereocenters. The molecule has 18 heavy (non-hydrogen) atoms. The third kappa shape index (κ3) is 1.58. The standard InChI is InChI=1S/C13H17N5/c1-3-9-7-12-16-17-13(11-5-2-6-14-11)18(12)8-10(4-1)15-9/h2,5-6,9-10,14-15H,1,3-4,7-8H2. The second-order valence-electron chi connectivity index (χ2n) is 5.33. The molecule has 2 aromatic heterocycles. The average molecular weight is 243 g/mol. The first kappa shape index (κ1) is 10.3. The molecule has 0 aromatic carbocycles. The lowest BCUT2D eigenvalue weighted by atomic mass is 9.98. The minimum Gasteiger partial charge on any atom is -0.359 e. The normalized spacial score (nSPS) is 26.7. The van der Waals surface area contributed by atoms with Gasteiger partial charge in [-0.1, -0.05) is 6.42 Å². The summed E-state index contributed by atoms with van der Waals surface area (Å²) in [5, 5.41) is 12.5. The van der Waals surface area contributed by atoms with Crippen LogP contribution in [0.2, 0.25) is 0 Å². The Labute approximate surface area is 106 Å². The van der Waals surface area contributed by atoms with Crippen LogP contribution in [0.25, 0.3) is 11.5 Å². The molecule has 5 heteroatoms. The van der Waals surface area contributed by atoms with Crippen LogP contribution in [-0.4, -0.2) is 31.8 Å². The molecule has 5 nitrogen and oxygen atoms in total. The van der Waals surface area contributed by atoms with Crippen molar-refractivity contribution in [2.75, 3.05) is 0 Å². The van der Waals surface area contributed by atoms with E-state index in [2.05, 4.69) is 31.1 Å². The van der Waals surface area contributed by atoms with Gasteiger partial charge in [-0.2, -0.15) is 0 Å². The Bertz CT molecular complexity index is 542. The number of hydrogen-bond acceptors (Lipinski definition) is 3. The SMILES string of the molecule is c1c[nH]c(-c2nnc3n2CC2CCCC(C3)N2)c1. The van der Waals surface area contributed by atoms with Gasteiger partial charge in [0.05, 0.1) is 5.69 Å². The number of hydrogen-bond donors (Lipinski definition) is 2. The lowest BCUT2D eigenvalue weighted by molar-refractivity contribution is 0.315. The van der Waals surface area contributed by atoms with E-state index in [0.29, 0.717) is 12.1 Å². The minimum absolute atomic E-state index is 0.578. The highest BCUT2D eigenvalue weighted by atomic mass is 15.3. The molecule has 2 bridgehead atoms. The number of fused-ring (bicyclic) bond motifs is 3. The van der Waals surface area contributed by atoms with Gasteiger partial charge in [0.1, 0.15) is 5.82 Å². The molecule has 94 valence electrons. The molecule has 0 saturated carbocycles. The number of nitrogens with zero attached hydrogens (tertiary/aromatic N) is 3. The third-order valence-corrected chi connectivity index (χ3v) is 4.07. The monoisotopic (exact) mass is 243 g/mol. The van der Waals surface area contributed by atoms with Crippen LogP contribution >= 0.6 is 0 Å². The largest absolute Gasteiger partial charge is 0.359 e. The van der Waals surface area contributed by atoms with E-state index in [1.807, 2.05) is 12.3 Å². The fraction of sp³-hybridized carbons (Fsp3) is 0.538. The quantitative estimate of drug-likeness (QED) is 0.794. The lowest BCUT2D eigenvalue weighted by Gasteiger charge is -2.27. The van der Waals surface area contributed by atoms with Crippen LogP contribution in [0.1, 0.15) is 25.1 Å². The Morgan fingerprint density at radius 2 is 2.17 bits per heavy atom. The number of piperidine rings is 1. The van der Waals surface area contributed by atoms with Crippen LogP contribution in [0.4, 0.5) is 0 Å². The highest BCUT2D eigenvalue weighted by molar-refractivity contribution is 5.49. The van der Waals surface area contributed by atoms with Gasteiger partial charge in [0, 0.05) is 31.2 Å². The Hall–Kier alpha value is -1.62. The summed E-state index contributed by atoms with van der Waals surface area (Å²) in [4.78, 5) is 3.23. The van der Waals surface area contributed by atoms with Gasteiger partial charge in [-0.3, -0.25) is 0 Å². The second kappa shape index (κ2) is 3.95. The van der Waals surface area contributed by atoms with Gasteiger partial charge >= 0.3 is 0 Å². The molecule has 2 N–H and O–H groups in total. The molecule has 2 aromatic rings. The van der Waals surface area contributed by atoms with Gasteiger partial charge in [-0.05, 0) is 25.0 Å². The van der Waals surface area contributed by atoms with Crippen molar-refractivity contribution in [3.8, 4) is 11.5 Å². The average Bonchev–Trinajstić information content (AvgIpc) is 2.98. The summed E-state index contributed by atoms with van der Waals surface area (Å²) in [5.74, 6) is 2.10. The summed E-state index contributed by atoms with van der Waals surface area (Å²) in [6.45, 7) is 0.993. The summed E-state index contributed by atoms with van der Waals surface area (Å²) in [7, 11) is 0. The molecule has 2 atom stereocenters. The van der Waals surface area contributed by atoms with Crippen LogP contribution in [0.3, 0.4) is 0 Å². The van der Waals surface area contributed by atoms with Crippen molar-refractivity contribution in [3.05, 3.63) is 24.2 Å². The third-order valence-electron chi connectivity index (χ3n) is 4.07. The molecule has 0 spiro atoms. The first-order chi connectivity index (χ1) is 8.90. The van der Waals surface area contributed by atoms with E-state index < -0.39 is 0 Å². The molecule has 2 aliphatic heterocycles. The zero-order chi connectivity index (χ0) is 11.9. The van der Waals surface area contributed by atoms with Crippen molar-refractivity contribution in [1.29, 1.82) is 0 Å². The highest BCUT2D eigenvalue weighted by Crippen LogP contribution is 2.25. The number of aromatic nitrogens is 4. The fourth-order valence-corrected chi connectivity index (χ4v) is 3.20. The van der Waals surface area contributed by atoms with Gasteiger partial charge in [0.15, 0.2) is 5.82 Å². The molecule has 0 radical (unpaired) electrons. The van der Waals surface area contributed by atoms with Crippen molar-refractivity contribution in [2.24, 2.45) is 0 Å². The van der Waals surface area contributed by atoms with Gasteiger partial charge < -0.3 is 14.9 Å². The van der Waals surface area contributed by atoms with Crippen molar-refractivity contribution < 1.29 is 0 Å². The lowest BCUT2D eigenvalue weighted by Crippen LogP contribution is -2.43. The molecule has 1 saturated heterocycles. The fourth-order valence-electron chi connectivity index (χ4n) is 3.20. The summed E-state index contributed by atoms with van der Waals surface area (Å²) < 4.78 is 2.29. The molecular weight excluding hydrogens is 226 g/mol. The maximum Gasteiger partial charge on any atom is 0.180 e. The smallest absolute Gasteiger partial charge is 0.180 e. The zero-order valence-corrected chi connectivity index (χ0v) is 10.3. The van der Waals surface area contributed by atoms with E-state index >= 15 is 0 Å². The molecule has 4 heterocycles. The van der Waals surface area contributed by atoms with E-state index in [4.69, 9.17) is 0 Å². The number of rotatable bonds is 1. The predicted octanol–water partition coefficient (Wildman–Crippen LogP) is 1.34. The Morgan fingerprint density at radius 1 is 1.22 bits per heavy atom. The maximum atomic E-state index is 4.39. The first-order valence-electron chi connectivity index (χ1n) is 6.72. The zero-order valence-electron chi connectivity index (χ0n) is 10.3. The van der Waals surface area contributed by atoms with Crippen LogP contribution in [0.5, 0.6) is 0 Å². The maximum absolute atomic E-state index is 4.39. The van der Waals surface area contributed by atoms with Crippen LogP contribution in [0.15, 0.2) is 18.3 Å². The molecule has 0 amide bonds. The summed E-state index contributed by atoms with van der Waals surface area (Å²) in [6.07, 6.45) is 6.80. The van der Waals surface area contributed by atoms with Crippen molar-refractivity contribution in [2.45, 2.75) is 44.3 Å². The topological polar surface area (TPSA) is 58.5 Å². The Balaban J connectivity index is 1.77. The van der Waals surface area contributed by atoms with Crippen LogP contribution in [-0.2, 0) is 13.0 Å². The predicted molar refractivity (Wildman–Crippen MR) is 68.1 cm³/mol. The number of H-pyrrole nitrogens is 1. The molecule has 0 aliphatic carbocycles. The van der Waals surface area contributed by atoms with Crippen LogP contribution in [0, 0.1) is 0 Å². The second-order valence-corrected chi connectivity index (χ2v) is 5.33. The van der Waals surface area contributed by atoms with Crippen molar-refractivity contribution in [3.63, 3.8) is 0 Å².